The zero-order chi connectivity index (χ0) is 10.7. The Hall–Kier alpha value is -0.570. The fraction of sp³-hybridized carbons (Fsp3) is 0.500. The number of hydrogen-bond acceptors (Lipinski definition) is 2. The fourth-order valence-electron chi connectivity index (χ4n) is 1.85. The van der Waals surface area contributed by atoms with Crippen molar-refractivity contribution in [3.63, 3.8) is 0 Å². The Morgan fingerprint density at radius 2 is 2.13 bits per heavy atom. The van der Waals surface area contributed by atoms with Crippen LogP contribution < -0.4 is 5.32 Å². The fourth-order valence-corrected chi connectivity index (χ4v) is 1.98. The van der Waals surface area contributed by atoms with Gasteiger partial charge in [-0.1, -0.05) is 23.7 Å². The van der Waals surface area contributed by atoms with Crippen molar-refractivity contribution in [3.8, 4) is 0 Å². The Kier molecular flexibility index (Phi) is 3.62. The minimum absolute atomic E-state index is 0.331. The number of halogens is 1. The average Bonchev–Trinajstić information content (AvgIpc) is 2.63. The van der Waals surface area contributed by atoms with Crippen molar-refractivity contribution in [3.05, 3.63) is 34.9 Å². The SMILES string of the molecule is C[C@@H]1OCC[C@H]1NCc1ccc(Cl)cc1. The lowest BCUT2D eigenvalue weighted by atomic mass is 10.1. The van der Waals surface area contributed by atoms with Gasteiger partial charge in [0.05, 0.1) is 6.10 Å². The van der Waals surface area contributed by atoms with Gasteiger partial charge in [0.25, 0.3) is 0 Å². The molecule has 0 bridgehead atoms. The summed E-state index contributed by atoms with van der Waals surface area (Å²) in [5.74, 6) is 0. The monoisotopic (exact) mass is 225 g/mol. The van der Waals surface area contributed by atoms with Crippen molar-refractivity contribution in [2.75, 3.05) is 6.61 Å². The first-order valence-corrected chi connectivity index (χ1v) is 5.73. The molecule has 1 aromatic rings. The number of ether oxygens (including phenoxy) is 1. The Balaban J connectivity index is 1.85. The maximum atomic E-state index is 5.82. The normalized spacial score (nSPS) is 25.7. The number of nitrogens with one attached hydrogen (secondary N) is 1. The number of rotatable bonds is 3. The molecule has 1 aliphatic heterocycles. The van der Waals surface area contributed by atoms with Gasteiger partial charge in [-0.25, -0.2) is 0 Å². The van der Waals surface area contributed by atoms with E-state index in [0.717, 1.165) is 24.6 Å². The largest absolute Gasteiger partial charge is 0.377 e. The molecule has 1 aromatic carbocycles. The van der Waals surface area contributed by atoms with E-state index in [1.807, 2.05) is 12.1 Å². The quantitative estimate of drug-likeness (QED) is 0.854. The van der Waals surface area contributed by atoms with Crippen molar-refractivity contribution >= 4 is 11.6 Å². The van der Waals surface area contributed by atoms with Crippen LogP contribution in [0, 0.1) is 0 Å². The molecule has 1 aliphatic rings. The molecule has 3 heteroatoms. The van der Waals surface area contributed by atoms with Gasteiger partial charge in [-0.3, -0.25) is 0 Å². The van der Waals surface area contributed by atoms with Gasteiger partial charge in [-0.15, -0.1) is 0 Å². The molecule has 2 nitrogen and oxygen atoms in total. The molecular formula is C12H16ClNO. The predicted molar refractivity (Wildman–Crippen MR) is 62.1 cm³/mol. The molecule has 0 radical (unpaired) electrons. The molecule has 2 atom stereocenters. The first-order valence-electron chi connectivity index (χ1n) is 5.35. The lowest BCUT2D eigenvalue weighted by Crippen LogP contribution is -2.34. The summed E-state index contributed by atoms with van der Waals surface area (Å²) in [7, 11) is 0. The van der Waals surface area contributed by atoms with E-state index in [1.54, 1.807) is 0 Å². The highest BCUT2D eigenvalue weighted by molar-refractivity contribution is 6.30. The predicted octanol–water partition coefficient (Wildman–Crippen LogP) is 2.61. The van der Waals surface area contributed by atoms with Crippen LogP contribution in [0.5, 0.6) is 0 Å². The van der Waals surface area contributed by atoms with Gasteiger partial charge in [0, 0.05) is 24.2 Å². The summed E-state index contributed by atoms with van der Waals surface area (Å²) in [6.07, 6.45) is 1.44. The Bertz CT molecular complexity index is 312. The van der Waals surface area contributed by atoms with Crippen LogP contribution in [0.25, 0.3) is 0 Å². The van der Waals surface area contributed by atoms with Crippen molar-refractivity contribution < 1.29 is 4.74 Å². The van der Waals surface area contributed by atoms with E-state index in [9.17, 15) is 0 Å². The topological polar surface area (TPSA) is 21.3 Å². The Labute approximate surface area is 95.6 Å². The van der Waals surface area contributed by atoms with Crippen molar-refractivity contribution in [1.82, 2.24) is 5.32 Å². The molecule has 0 saturated carbocycles. The zero-order valence-electron chi connectivity index (χ0n) is 8.87. The van der Waals surface area contributed by atoms with Crippen LogP contribution in [-0.2, 0) is 11.3 Å². The van der Waals surface area contributed by atoms with Crippen LogP contribution in [0.3, 0.4) is 0 Å². The standard InChI is InChI=1S/C12H16ClNO/c1-9-12(6-7-15-9)14-8-10-2-4-11(13)5-3-10/h2-5,9,12,14H,6-8H2,1H3/t9-,12+/m0/s1. The van der Waals surface area contributed by atoms with Crippen LogP contribution in [0.2, 0.25) is 5.02 Å². The van der Waals surface area contributed by atoms with Crippen LogP contribution in [0.1, 0.15) is 18.9 Å². The molecule has 2 rings (SSSR count). The van der Waals surface area contributed by atoms with Gasteiger partial charge in [0.1, 0.15) is 0 Å². The molecule has 1 N–H and O–H groups in total. The van der Waals surface area contributed by atoms with Crippen molar-refractivity contribution in [1.29, 1.82) is 0 Å². The maximum absolute atomic E-state index is 5.82. The highest BCUT2D eigenvalue weighted by Gasteiger charge is 2.23. The highest BCUT2D eigenvalue weighted by Crippen LogP contribution is 2.14. The number of benzene rings is 1. The highest BCUT2D eigenvalue weighted by atomic mass is 35.5. The number of hydrogen-bond donors (Lipinski definition) is 1. The third-order valence-corrected chi connectivity index (χ3v) is 3.11. The van der Waals surface area contributed by atoms with Gasteiger partial charge >= 0.3 is 0 Å². The molecule has 0 aliphatic carbocycles. The summed E-state index contributed by atoms with van der Waals surface area (Å²) in [6, 6.07) is 8.44. The van der Waals surface area contributed by atoms with E-state index in [2.05, 4.69) is 24.4 Å². The molecule has 1 fully saturated rings. The minimum Gasteiger partial charge on any atom is -0.377 e. The third kappa shape index (κ3) is 2.94. The second-order valence-electron chi connectivity index (χ2n) is 3.98. The lowest BCUT2D eigenvalue weighted by molar-refractivity contribution is 0.113. The molecule has 0 aromatic heterocycles. The molecule has 0 amide bonds. The Morgan fingerprint density at radius 1 is 1.40 bits per heavy atom. The molecular weight excluding hydrogens is 210 g/mol. The van der Waals surface area contributed by atoms with Gasteiger partial charge in [-0.2, -0.15) is 0 Å². The van der Waals surface area contributed by atoms with Crippen molar-refractivity contribution in [2.24, 2.45) is 0 Å². The molecule has 1 heterocycles. The third-order valence-electron chi connectivity index (χ3n) is 2.86. The van der Waals surface area contributed by atoms with Crippen LogP contribution in [0.4, 0.5) is 0 Å². The first-order chi connectivity index (χ1) is 7.25. The maximum Gasteiger partial charge on any atom is 0.0700 e. The Morgan fingerprint density at radius 3 is 2.73 bits per heavy atom. The van der Waals surface area contributed by atoms with Crippen LogP contribution in [-0.4, -0.2) is 18.8 Å². The molecule has 82 valence electrons. The lowest BCUT2D eigenvalue weighted by Gasteiger charge is -2.15. The molecule has 0 spiro atoms. The van der Waals surface area contributed by atoms with E-state index in [-0.39, 0.29) is 0 Å². The van der Waals surface area contributed by atoms with Crippen LogP contribution >= 0.6 is 11.6 Å². The van der Waals surface area contributed by atoms with E-state index < -0.39 is 0 Å². The van der Waals surface area contributed by atoms with Gasteiger partial charge in [0.15, 0.2) is 0 Å². The van der Waals surface area contributed by atoms with E-state index in [0.29, 0.717) is 12.1 Å². The van der Waals surface area contributed by atoms with E-state index in [1.165, 1.54) is 5.56 Å². The summed E-state index contributed by atoms with van der Waals surface area (Å²) in [5, 5.41) is 4.29. The van der Waals surface area contributed by atoms with Gasteiger partial charge in [-0.05, 0) is 31.0 Å². The summed E-state index contributed by atoms with van der Waals surface area (Å²) in [5.41, 5.74) is 1.26. The van der Waals surface area contributed by atoms with E-state index >= 15 is 0 Å². The minimum atomic E-state index is 0.331. The summed E-state index contributed by atoms with van der Waals surface area (Å²) >= 11 is 5.82. The van der Waals surface area contributed by atoms with Crippen LogP contribution in [0.15, 0.2) is 24.3 Å². The van der Waals surface area contributed by atoms with Gasteiger partial charge in [0.2, 0.25) is 0 Å². The smallest absolute Gasteiger partial charge is 0.0700 e. The first kappa shape index (κ1) is 10.9. The average molecular weight is 226 g/mol. The van der Waals surface area contributed by atoms with Gasteiger partial charge < -0.3 is 10.1 Å². The molecule has 15 heavy (non-hydrogen) atoms. The molecule has 0 unspecified atom stereocenters. The second kappa shape index (κ2) is 4.97. The summed E-state index contributed by atoms with van der Waals surface area (Å²) in [6.45, 7) is 3.88. The summed E-state index contributed by atoms with van der Waals surface area (Å²) in [4.78, 5) is 0. The van der Waals surface area contributed by atoms with E-state index in [4.69, 9.17) is 16.3 Å². The zero-order valence-corrected chi connectivity index (χ0v) is 9.63. The molecule has 1 saturated heterocycles. The van der Waals surface area contributed by atoms with Crippen molar-refractivity contribution in [2.45, 2.75) is 32.0 Å². The summed E-state index contributed by atoms with van der Waals surface area (Å²) < 4.78 is 5.49. The second-order valence-corrected chi connectivity index (χ2v) is 4.41.